The van der Waals surface area contributed by atoms with Gasteiger partial charge in [0.05, 0.1) is 50.1 Å². The highest BCUT2D eigenvalue weighted by Gasteiger charge is 2.55. The number of rotatable bonds is 14. The number of benzene rings is 2. The van der Waals surface area contributed by atoms with Crippen LogP contribution in [-0.4, -0.2) is 83.3 Å². The van der Waals surface area contributed by atoms with Crippen LogP contribution in [0, 0.1) is 11.8 Å². The SMILES string of the molecule is CCCC(=O)Oc1ccccc1C[N+]1(C)C2CCC1CC(OC(=O)C1CCC1C(=O)OC1CC3CCC(C1)[N+]3(C)Cc1ccccc1OC(=O)CCC)C2. The van der Waals surface area contributed by atoms with Crippen molar-refractivity contribution < 1.29 is 47.1 Å². The zero-order valence-corrected chi connectivity index (χ0v) is 32.7. The predicted octanol–water partition coefficient (Wildman–Crippen LogP) is 7.19. The summed E-state index contributed by atoms with van der Waals surface area (Å²) in [5, 5.41) is 0. The van der Waals surface area contributed by atoms with E-state index in [4.69, 9.17) is 18.9 Å². The molecule has 292 valence electrons. The molecule has 1 saturated carbocycles. The van der Waals surface area contributed by atoms with Gasteiger partial charge in [-0.15, -0.1) is 0 Å². The van der Waals surface area contributed by atoms with Crippen LogP contribution in [0.25, 0.3) is 0 Å². The molecule has 5 fully saturated rings. The second kappa shape index (κ2) is 16.1. The van der Waals surface area contributed by atoms with Gasteiger partial charge in [0.15, 0.2) is 0 Å². The molecule has 2 aromatic rings. The second-order valence-corrected chi connectivity index (χ2v) is 17.3. The minimum absolute atomic E-state index is 0.152. The molecule has 6 atom stereocenters. The van der Waals surface area contributed by atoms with Crippen molar-refractivity contribution in [1.29, 1.82) is 0 Å². The van der Waals surface area contributed by atoms with Gasteiger partial charge < -0.3 is 27.9 Å². The van der Waals surface area contributed by atoms with Crippen LogP contribution in [0.1, 0.15) is 115 Å². The molecule has 7 rings (SSSR count). The Morgan fingerprint density at radius 1 is 0.556 bits per heavy atom. The van der Waals surface area contributed by atoms with Gasteiger partial charge in [-0.3, -0.25) is 19.2 Å². The van der Waals surface area contributed by atoms with Gasteiger partial charge in [0.2, 0.25) is 0 Å². The summed E-state index contributed by atoms with van der Waals surface area (Å²) in [6.07, 6.45) is 10.8. The molecule has 2 aromatic carbocycles. The molecular weight excluding hydrogens is 684 g/mol. The molecule has 6 unspecified atom stereocenters. The Morgan fingerprint density at radius 3 is 1.24 bits per heavy atom. The fourth-order valence-corrected chi connectivity index (χ4v) is 10.6. The van der Waals surface area contributed by atoms with Crippen molar-refractivity contribution in [2.45, 2.75) is 153 Å². The molecule has 4 aliphatic heterocycles. The van der Waals surface area contributed by atoms with Crippen LogP contribution in [0.4, 0.5) is 0 Å². The first kappa shape index (κ1) is 38.5. The molecule has 4 saturated heterocycles. The van der Waals surface area contributed by atoms with Gasteiger partial charge in [-0.25, -0.2) is 0 Å². The van der Waals surface area contributed by atoms with Crippen molar-refractivity contribution in [2.24, 2.45) is 11.8 Å². The maximum Gasteiger partial charge on any atom is 0.311 e. The Hall–Kier alpha value is -3.76. The number of fused-ring (bicyclic) bond motifs is 4. The molecular formula is C44H60N2O8+2. The number of ether oxygens (including phenoxy) is 4. The van der Waals surface area contributed by atoms with Crippen molar-refractivity contribution in [1.82, 2.24) is 0 Å². The third-order valence-corrected chi connectivity index (χ3v) is 13.9. The number of carbonyl (C=O) groups is 4. The van der Waals surface area contributed by atoms with Gasteiger partial charge in [-0.1, -0.05) is 38.1 Å². The smallest absolute Gasteiger partial charge is 0.311 e. The van der Waals surface area contributed by atoms with Crippen LogP contribution in [-0.2, 0) is 41.7 Å². The van der Waals surface area contributed by atoms with E-state index in [9.17, 15) is 19.2 Å². The van der Waals surface area contributed by atoms with Crippen LogP contribution < -0.4 is 9.47 Å². The summed E-state index contributed by atoms with van der Waals surface area (Å²) < 4.78 is 25.6. The molecule has 4 heterocycles. The maximum atomic E-state index is 13.6. The number of carbonyl (C=O) groups excluding carboxylic acids is 4. The van der Waals surface area contributed by atoms with Gasteiger partial charge in [-0.05, 0) is 49.9 Å². The first-order valence-electron chi connectivity index (χ1n) is 20.7. The van der Waals surface area contributed by atoms with E-state index in [1.165, 1.54) is 0 Å². The van der Waals surface area contributed by atoms with Crippen molar-refractivity contribution in [3.05, 3.63) is 59.7 Å². The lowest BCUT2D eigenvalue weighted by Gasteiger charge is -2.47. The van der Waals surface area contributed by atoms with Crippen molar-refractivity contribution in [3.8, 4) is 11.5 Å². The highest BCUT2D eigenvalue weighted by molar-refractivity contribution is 5.84. The van der Waals surface area contributed by atoms with Gasteiger partial charge in [-0.2, -0.15) is 0 Å². The topological polar surface area (TPSA) is 105 Å². The van der Waals surface area contributed by atoms with E-state index < -0.39 is 11.8 Å². The molecule has 1 aliphatic carbocycles. The van der Waals surface area contributed by atoms with Gasteiger partial charge in [0.25, 0.3) is 0 Å². The number of para-hydroxylation sites is 2. The zero-order valence-electron chi connectivity index (χ0n) is 32.7. The minimum Gasteiger partial charge on any atom is -0.462 e. The van der Waals surface area contributed by atoms with E-state index in [-0.39, 0.29) is 36.1 Å². The average molecular weight is 745 g/mol. The van der Waals surface area contributed by atoms with E-state index in [0.717, 1.165) is 97.4 Å². The Labute approximate surface area is 320 Å². The number of nitrogens with zero attached hydrogens (tertiary/aromatic N) is 2. The van der Waals surface area contributed by atoms with Crippen LogP contribution in [0.5, 0.6) is 11.5 Å². The molecule has 0 aromatic heterocycles. The number of piperidine rings is 2. The first-order chi connectivity index (χ1) is 26.0. The molecule has 10 heteroatoms. The van der Waals surface area contributed by atoms with Crippen molar-refractivity contribution >= 4 is 23.9 Å². The Morgan fingerprint density at radius 2 is 0.907 bits per heavy atom. The minimum atomic E-state index is -0.434. The monoisotopic (exact) mass is 744 g/mol. The molecule has 0 amide bonds. The summed E-state index contributed by atoms with van der Waals surface area (Å²) >= 11 is 0. The molecule has 0 spiro atoms. The fraction of sp³-hybridized carbons (Fsp3) is 0.636. The Balaban J connectivity index is 0.910. The van der Waals surface area contributed by atoms with E-state index in [0.29, 0.717) is 61.3 Å². The average Bonchev–Trinajstić information content (AvgIpc) is 3.34. The normalized spacial score (nSPS) is 33.7. The van der Waals surface area contributed by atoms with Crippen molar-refractivity contribution in [3.63, 3.8) is 0 Å². The second-order valence-electron chi connectivity index (χ2n) is 17.3. The lowest BCUT2D eigenvalue weighted by molar-refractivity contribution is -0.961. The molecule has 0 N–H and O–H groups in total. The number of esters is 4. The zero-order chi connectivity index (χ0) is 38.0. The fourth-order valence-electron chi connectivity index (χ4n) is 10.6. The quantitative estimate of drug-likeness (QED) is 0.114. The Bertz CT molecular complexity index is 1560. The first-order valence-corrected chi connectivity index (χ1v) is 20.7. The van der Waals surface area contributed by atoms with Gasteiger partial charge in [0.1, 0.15) is 36.8 Å². The summed E-state index contributed by atoms with van der Waals surface area (Å²) in [6, 6.07) is 17.1. The molecule has 4 bridgehead atoms. The van der Waals surface area contributed by atoms with Crippen LogP contribution >= 0.6 is 0 Å². The van der Waals surface area contributed by atoms with E-state index in [1.54, 1.807) is 0 Å². The third-order valence-electron chi connectivity index (χ3n) is 13.9. The summed E-state index contributed by atoms with van der Waals surface area (Å²) in [5.41, 5.74) is 2.08. The molecule has 10 nitrogen and oxygen atoms in total. The van der Waals surface area contributed by atoms with Crippen molar-refractivity contribution in [2.75, 3.05) is 14.1 Å². The largest absolute Gasteiger partial charge is 0.462 e. The van der Waals surface area contributed by atoms with Crippen LogP contribution in [0.3, 0.4) is 0 Å². The predicted molar refractivity (Wildman–Crippen MR) is 202 cm³/mol. The molecule has 5 aliphatic rings. The summed E-state index contributed by atoms with van der Waals surface area (Å²) in [4.78, 5) is 51.8. The van der Waals surface area contributed by atoms with Crippen LogP contribution in [0.15, 0.2) is 48.5 Å². The third kappa shape index (κ3) is 7.83. The van der Waals surface area contributed by atoms with Crippen LogP contribution in [0.2, 0.25) is 0 Å². The highest BCUT2D eigenvalue weighted by Crippen LogP contribution is 2.47. The standard InChI is InChI=1S/C44H60N2O8/c1-5-11-41(47)53-39-15-9-7-13-29(39)27-45(3)31-17-18-32(45)24-35(23-31)51-43(49)37-21-22-38(37)44(50)52-36-25-33-19-20-34(26-36)46(33,4)28-30-14-8-10-16-40(30)54-42(48)12-6-2/h7-10,13-16,31-38H,5-6,11-12,17-28H2,1-4H3/q+2. The van der Waals surface area contributed by atoms with E-state index in [1.807, 2.05) is 50.2 Å². The Kier molecular flexibility index (Phi) is 11.5. The maximum absolute atomic E-state index is 13.6. The lowest BCUT2D eigenvalue weighted by Crippen LogP contribution is -2.59. The van der Waals surface area contributed by atoms with Gasteiger partial charge in [0, 0.05) is 75.3 Å². The molecule has 54 heavy (non-hydrogen) atoms. The van der Waals surface area contributed by atoms with Gasteiger partial charge >= 0.3 is 23.9 Å². The number of hydrogen-bond donors (Lipinski definition) is 0. The number of hydrogen-bond acceptors (Lipinski definition) is 8. The van der Waals surface area contributed by atoms with E-state index >= 15 is 0 Å². The number of quaternary nitrogens is 2. The summed E-state index contributed by atoms with van der Waals surface area (Å²) in [7, 11) is 4.60. The summed E-state index contributed by atoms with van der Waals surface area (Å²) in [6.45, 7) is 5.48. The lowest BCUT2D eigenvalue weighted by atomic mass is 9.73. The van der Waals surface area contributed by atoms with E-state index in [2.05, 4.69) is 26.2 Å². The summed E-state index contributed by atoms with van der Waals surface area (Å²) in [5.74, 6) is -0.470. The molecule has 0 radical (unpaired) electrons. The highest BCUT2D eigenvalue weighted by atomic mass is 16.6.